The van der Waals surface area contributed by atoms with Crippen molar-refractivity contribution in [3.8, 4) is 22.6 Å². The Kier molecular flexibility index (Phi) is 5.68. The van der Waals surface area contributed by atoms with Crippen LogP contribution in [0.3, 0.4) is 0 Å². The molecule has 1 aliphatic carbocycles. The number of nitrogens with zero attached hydrogens (tertiary/aromatic N) is 3. The molecule has 0 saturated heterocycles. The van der Waals surface area contributed by atoms with Crippen LogP contribution in [-0.2, 0) is 6.42 Å². The number of nitrogens with one attached hydrogen (secondary N) is 3. The summed E-state index contributed by atoms with van der Waals surface area (Å²) in [4.78, 5) is 13.0. The Morgan fingerprint density at radius 3 is 2.62 bits per heavy atom. The van der Waals surface area contributed by atoms with E-state index in [2.05, 4.69) is 70.5 Å². The first kappa shape index (κ1) is 22.9. The van der Waals surface area contributed by atoms with Crippen molar-refractivity contribution in [1.29, 1.82) is 0 Å². The van der Waals surface area contributed by atoms with E-state index in [1.165, 1.54) is 17.7 Å². The highest BCUT2D eigenvalue weighted by Gasteiger charge is 2.20. The monoisotopic (exact) mass is 490 g/mol. The summed E-state index contributed by atoms with van der Waals surface area (Å²) in [6.07, 6.45) is 8.67. The normalized spacial score (nSPS) is 13.3. The van der Waals surface area contributed by atoms with Gasteiger partial charge in [0.25, 0.3) is 0 Å². The van der Waals surface area contributed by atoms with Crippen LogP contribution in [-0.4, -0.2) is 31.2 Å². The molecule has 184 valence electrons. The summed E-state index contributed by atoms with van der Waals surface area (Å²) in [7, 11) is 0. The van der Waals surface area contributed by atoms with Crippen LogP contribution >= 0.6 is 0 Å². The molecule has 6 nitrogen and oxygen atoms in total. The summed E-state index contributed by atoms with van der Waals surface area (Å²) >= 11 is 0. The fraction of sp³-hybridized carbons (Fsp3) is 0.167. The number of anilines is 1. The van der Waals surface area contributed by atoms with Gasteiger partial charge >= 0.3 is 0 Å². The van der Waals surface area contributed by atoms with Gasteiger partial charge in [-0.3, -0.25) is 10.1 Å². The maximum Gasteiger partial charge on any atom is 0.135 e. The molecule has 0 saturated carbocycles. The average Bonchev–Trinajstić information content (AvgIpc) is 3.45. The molecule has 0 bridgehead atoms. The first-order valence-electron chi connectivity index (χ1n) is 12.4. The summed E-state index contributed by atoms with van der Waals surface area (Å²) < 4.78 is 13.6. The average molecular weight is 491 g/mol. The lowest BCUT2D eigenvalue weighted by atomic mass is 9.97. The Bertz CT molecular complexity index is 1670. The van der Waals surface area contributed by atoms with Crippen molar-refractivity contribution in [2.75, 3.05) is 5.32 Å². The lowest BCUT2D eigenvalue weighted by Gasteiger charge is -2.10. The molecule has 0 atom stereocenters. The number of fused-ring (bicyclic) bond motifs is 2. The van der Waals surface area contributed by atoms with Gasteiger partial charge in [-0.1, -0.05) is 29.9 Å². The van der Waals surface area contributed by atoms with E-state index in [-0.39, 0.29) is 5.82 Å². The Morgan fingerprint density at radius 1 is 0.973 bits per heavy atom. The number of hydrogen-bond acceptors (Lipinski definition) is 4. The maximum absolute atomic E-state index is 13.6. The van der Waals surface area contributed by atoms with Crippen LogP contribution in [0.1, 0.15) is 37.6 Å². The van der Waals surface area contributed by atoms with Crippen LogP contribution in [0.2, 0.25) is 0 Å². The second-order valence-electron chi connectivity index (χ2n) is 9.78. The number of rotatable bonds is 5. The molecule has 7 heteroatoms. The van der Waals surface area contributed by atoms with Crippen molar-refractivity contribution >= 4 is 22.3 Å². The van der Waals surface area contributed by atoms with Gasteiger partial charge in [0.05, 0.1) is 22.6 Å². The van der Waals surface area contributed by atoms with E-state index in [1.807, 2.05) is 36.7 Å². The first-order chi connectivity index (χ1) is 17.9. The van der Waals surface area contributed by atoms with Crippen LogP contribution in [0.4, 0.5) is 10.1 Å². The molecule has 1 aliphatic rings. The summed E-state index contributed by atoms with van der Waals surface area (Å²) in [5, 5.41) is 11.1. The van der Waals surface area contributed by atoms with Gasteiger partial charge in [-0.2, -0.15) is 5.10 Å². The van der Waals surface area contributed by atoms with E-state index in [1.54, 1.807) is 0 Å². The molecule has 1 aromatic carbocycles. The molecule has 3 N–H and O–H groups in total. The summed E-state index contributed by atoms with van der Waals surface area (Å²) in [5.74, 6) is -0.245. The van der Waals surface area contributed by atoms with Crippen LogP contribution in [0.15, 0.2) is 78.6 Å². The zero-order chi connectivity index (χ0) is 25.5. The summed E-state index contributed by atoms with van der Waals surface area (Å²) in [5.41, 5.74) is 11.4. The topological polar surface area (TPSA) is 82.3 Å². The van der Waals surface area contributed by atoms with Crippen molar-refractivity contribution in [1.82, 2.24) is 25.1 Å². The first-order valence-corrected chi connectivity index (χ1v) is 12.4. The predicted octanol–water partition coefficient (Wildman–Crippen LogP) is 6.91. The molecule has 0 amide bonds. The zero-order valence-corrected chi connectivity index (χ0v) is 20.9. The molecule has 0 spiro atoms. The van der Waals surface area contributed by atoms with E-state index in [9.17, 15) is 4.39 Å². The highest BCUT2D eigenvalue weighted by atomic mass is 19.1. The third-order valence-corrected chi connectivity index (χ3v) is 6.49. The maximum atomic E-state index is 13.6. The molecule has 5 aromatic rings. The predicted molar refractivity (Wildman–Crippen MR) is 147 cm³/mol. The fourth-order valence-corrected chi connectivity index (χ4v) is 4.78. The highest BCUT2D eigenvalue weighted by Crippen LogP contribution is 2.35. The minimum atomic E-state index is -0.245. The van der Waals surface area contributed by atoms with Crippen molar-refractivity contribution in [2.24, 2.45) is 0 Å². The number of allylic oxidation sites excluding steroid dienone is 3. The van der Waals surface area contributed by atoms with Crippen LogP contribution in [0, 0.1) is 5.82 Å². The van der Waals surface area contributed by atoms with Gasteiger partial charge in [0.15, 0.2) is 0 Å². The van der Waals surface area contributed by atoms with E-state index in [4.69, 9.17) is 4.98 Å². The molecule has 0 fully saturated rings. The fourth-order valence-electron chi connectivity index (χ4n) is 4.78. The molecule has 37 heavy (non-hydrogen) atoms. The number of aromatic amines is 2. The number of benzene rings is 1. The molecule has 4 aromatic heterocycles. The molecule has 0 aliphatic heterocycles. The van der Waals surface area contributed by atoms with Crippen LogP contribution in [0.5, 0.6) is 0 Å². The summed E-state index contributed by atoms with van der Waals surface area (Å²) in [6, 6.07) is 15.1. The Labute approximate surface area is 214 Å². The number of hydrogen-bond donors (Lipinski definition) is 3. The van der Waals surface area contributed by atoms with E-state index in [0.29, 0.717) is 6.04 Å². The van der Waals surface area contributed by atoms with Gasteiger partial charge in [-0.25, -0.2) is 9.37 Å². The second-order valence-corrected chi connectivity index (χ2v) is 9.78. The molecule has 0 radical (unpaired) electrons. The number of H-pyrrole nitrogens is 2. The number of halogens is 1. The Hall–Kier alpha value is -4.52. The van der Waals surface area contributed by atoms with Gasteiger partial charge in [0.2, 0.25) is 0 Å². The van der Waals surface area contributed by atoms with Crippen molar-refractivity contribution < 1.29 is 4.39 Å². The molecule has 6 rings (SSSR count). The molecule has 4 heterocycles. The van der Waals surface area contributed by atoms with Gasteiger partial charge in [0, 0.05) is 41.7 Å². The van der Waals surface area contributed by atoms with Crippen LogP contribution in [0.25, 0.3) is 39.3 Å². The molecular weight excluding hydrogens is 463 g/mol. The van der Waals surface area contributed by atoms with Gasteiger partial charge < -0.3 is 10.3 Å². The van der Waals surface area contributed by atoms with E-state index in [0.717, 1.165) is 68.2 Å². The van der Waals surface area contributed by atoms with Gasteiger partial charge in [-0.05, 0) is 68.3 Å². The largest absolute Gasteiger partial charge is 0.382 e. The summed E-state index contributed by atoms with van der Waals surface area (Å²) in [6.45, 7) is 6.31. The third kappa shape index (κ3) is 4.44. The minimum Gasteiger partial charge on any atom is -0.382 e. The number of pyridine rings is 2. The smallest absolute Gasteiger partial charge is 0.135 e. The quantitative estimate of drug-likeness (QED) is 0.250. The van der Waals surface area contributed by atoms with Crippen molar-refractivity contribution in [3.05, 3.63) is 101 Å². The number of aromatic nitrogens is 5. The lowest BCUT2D eigenvalue weighted by molar-refractivity contribution is 0.627. The standard InChI is InChI=1S/C30H27FN6/c1-17(2)33-22-13-20(15-32-16-22)25-10-11-26-29(35-25)30(37-36-26)28-14-24-23(19-5-7-21(31)8-6-19)9-4-18(3)12-27(24)34-28/h4-11,13-17,33-34H,12H2,1-3H3,(H,36,37). The van der Waals surface area contributed by atoms with Crippen LogP contribution < -0.4 is 5.32 Å². The van der Waals surface area contributed by atoms with E-state index >= 15 is 0 Å². The van der Waals surface area contributed by atoms with Crippen molar-refractivity contribution in [2.45, 2.75) is 33.2 Å². The molecular formula is C30H27FN6. The van der Waals surface area contributed by atoms with Gasteiger partial charge in [0.1, 0.15) is 17.0 Å². The Balaban J connectivity index is 1.43. The zero-order valence-electron chi connectivity index (χ0n) is 20.9. The van der Waals surface area contributed by atoms with Crippen molar-refractivity contribution in [3.63, 3.8) is 0 Å². The third-order valence-electron chi connectivity index (χ3n) is 6.49. The SMILES string of the molecule is CC1=CC=C(c2ccc(F)cc2)c2cc(-c3n[nH]c4ccc(-c5cncc(NC(C)C)c5)nc34)[nH]c2C1. The Morgan fingerprint density at radius 2 is 1.81 bits per heavy atom. The van der Waals surface area contributed by atoms with Gasteiger partial charge in [-0.15, -0.1) is 0 Å². The lowest BCUT2D eigenvalue weighted by Crippen LogP contribution is -2.09. The highest BCUT2D eigenvalue weighted by molar-refractivity contribution is 5.92. The van der Waals surface area contributed by atoms with E-state index < -0.39 is 0 Å². The second kappa shape index (κ2) is 9.17. The minimum absolute atomic E-state index is 0.245. The molecule has 0 unspecified atom stereocenters.